The van der Waals surface area contributed by atoms with Crippen molar-refractivity contribution in [3.63, 3.8) is 0 Å². The number of benzene rings is 1. The van der Waals surface area contributed by atoms with Gasteiger partial charge in [-0.25, -0.2) is 4.79 Å². The van der Waals surface area contributed by atoms with Gasteiger partial charge < -0.3 is 15.6 Å². The summed E-state index contributed by atoms with van der Waals surface area (Å²) in [6, 6.07) is 4.61. The molecule has 1 unspecified atom stereocenters. The minimum Gasteiger partial charge on any atom is -0.479 e. The van der Waals surface area contributed by atoms with Crippen LogP contribution in [0.4, 0.5) is 0 Å². The maximum absolute atomic E-state index is 10.5. The van der Waals surface area contributed by atoms with Gasteiger partial charge in [-0.2, -0.15) is 0 Å². The number of carbonyl (C=O) groups is 1. The van der Waals surface area contributed by atoms with E-state index >= 15 is 0 Å². The van der Waals surface area contributed by atoms with Crippen LogP contribution in [0.3, 0.4) is 0 Å². The zero-order valence-electron chi connectivity index (χ0n) is 9.61. The summed E-state index contributed by atoms with van der Waals surface area (Å²) in [7, 11) is 0. The molecule has 4 nitrogen and oxygen atoms in total. The number of aliphatic carboxylic acids is 1. The lowest BCUT2D eigenvalue weighted by Gasteiger charge is -2.11. The van der Waals surface area contributed by atoms with Crippen molar-refractivity contribution < 1.29 is 14.6 Å². The molecule has 0 aromatic heterocycles. The fourth-order valence-corrected chi connectivity index (χ4v) is 1.26. The van der Waals surface area contributed by atoms with Crippen molar-refractivity contribution in [3.8, 4) is 5.75 Å². The zero-order valence-corrected chi connectivity index (χ0v) is 11.1. The zero-order chi connectivity index (χ0) is 13.4. The highest BCUT2D eigenvalue weighted by Crippen LogP contribution is 2.28. The lowest BCUT2D eigenvalue weighted by atomic mass is 10.3. The van der Waals surface area contributed by atoms with Gasteiger partial charge in [0.2, 0.25) is 0 Å². The van der Waals surface area contributed by atoms with Gasteiger partial charge in [-0.05, 0) is 31.7 Å². The highest BCUT2D eigenvalue weighted by atomic mass is 35.5. The van der Waals surface area contributed by atoms with E-state index in [0.29, 0.717) is 15.8 Å². The van der Waals surface area contributed by atoms with Crippen LogP contribution in [0.2, 0.25) is 10.0 Å². The maximum atomic E-state index is 10.5. The number of carboxylic acids is 1. The van der Waals surface area contributed by atoms with Crippen LogP contribution in [0.1, 0.15) is 13.8 Å². The molecule has 0 fully saturated rings. The molecule has 1 atom stereocenters. The third-order valence-electron chi connectivity index (χ3n) is 1.55. The second-order valence-corrected chi connectivity index (χ2v) is 3.92. The Hall–Kier alpha value is -0.970. The summed E-state index contributed by atoms with van der Waals surface area (Å²) in [5.41, 5.74) is 4.85. The van der Waals surface area contributed by atoms with Gasteiger partial charge in [0.05, 0.1) is 5.02 Å². The van der Waals surface area contributed by atoms with Crippen LogP contribution in [0.15, 0.2) is 18.2 Å². The molecule has 3 N–H and O–H groups in total. The Balaban J connectivity index is 0.000000770. The molecule has 0 aliphatic carbocycles. The first-order valence-corrected chi connectivity index (χ1v) is 5.72. The molecule has 0 aliphatic rings. The fraction of sp³-hybridized carbons (Fsp3) is 0.364. The number of halogens is 2. The Morgan fingerprint density at radius 2 is 2.06 bits per heavy atom. The lowest BCUT2D eigenvalue weighted by molar-refractivity contribution is -0.144. The van der Waals surface area contributed by atoms with E-state index in [0.717, 1.165) is 6.54 Å². The summed E-state index contributed by atoms with van der Waals surface area (Å²) in [6.07, 6.45) is -0.936. The van der Waals surface area contributed by atoms with Gasteiger partial charge in [0.1, 0.15) is 5.75 Å². The average molecular weight is 280 g/mol. The Morgan fingerprint density at radius 3 is 2.47 bits per heavy atom. The van der Waals surface area contributed by atoms with Crippen LogP contribution in [0.25, 0.3) is 0 Å². The Morgan fingerprint density at radius 1 is 1.53 bits per heavy atom. The average Bonchev–Trinajstić information content (AvgIpc) is 2.23. The molecule has 0 amide bonds. The van der Waals surface area contributed by atoms with Crippen molar-refractivity contribution >= 4 is 29.2 Å². The van der Waals surface area contributed by atoms with Crippen molar-refractivity contribution in [2.24, 2.45) is 5.73 Å². The summed E-state index contributed by atoms with van der Waals surface area (Å²) in [5.74, 6) is -0.734. The van der Waals surface area contributed by atoms with E-state index in [9.17, 15) is 4.79 Å². The normalized spacial score (nSPS) is 11.1. The molecule has 0 spiro atoms. The van der Waals surface area contributed by atoms with E-state index in [1.54, 1.807) is 6.07 Å². The molecule has 1 aromatic carbocycles. The number of nitrogens with two attached hydrogens (primary N) is 1. The summed E-state index contributed by atoms with van der Waals surface area (Å²) >= 11 is 11.4. The largest absolute Gasteiger partial charge is 0.479 e. The third kappa shape index (κ3) is 6.36. The molecule has 0 radical (unpaired) electrons. The second-order valence-electron chi connectivity index (χ2n) is 3.08. The molecule has 17 heavy (non-hydrogen) atoms. The molecule has 1 aromatic rings. The van der Waals surface area contributed by atoms with Gasteiger partial charge in [0.25, 0.3) is 0 Å². The van der Waals surface area contributed by atoms with E-state index in [2.05, 4.69) is 0 Å². The van der Waals surface area contributed by atoms with Gasteiger partial charge in [0, 0.05) is 5.02 Å². The molecule has 0 saturated heterocycles. The third-order valence-corrected chi connectivity index (χ3v) is 2.08. The van der Waals surface area contributed by atoms with Crippen molar-refractivity contribution in [1.82, 2.24) is 0 Å². The van der Waals surface area contributed by atoms with Crippen molar-refractivity contribution in [3.05, 3.63) is 28.2 Å². The van der Waals surface area contributed by atoms with Crippen molar-refractivity contribution in [2.45, 2.75) is 20.0 Å². The van der Waals surface area contributed by atoms with Crippen LogP contribution in [-0.4, -0.2) is 23.7 Å². The predicted octanol–water partition coefficient (Wildman–Crippen LogP) is 2.81. The minimum atomic E-state index is -1.05. The van der Waals surface area contributed by atoms with Gasteiger partial charge >= 0.3 is 5.97 Å². The van der Waals surface area contributed by atoms with Gasteiger partial charge in [0.15, 0.2) is 6.10 Å². The first-order chi connectivity index (χ1) is 7.92. The molecule has 0 aliphatic heterocycles. The number of hydrogen-bond acceptors (Lipinski definition) is 3. The fourth-order valence-electron chi connectivity index (χ4n) is 0.812. The molecule has 0 saturated carbocycles. The Kier molecular flexibility index (Phi) is 7.70. The smallest absolute Gasteiger partial charge is 0.344 e. The van der Waals surface area contributed by atoms with Gasteiger partial charge in [-0.15, -0.1) is 0 Å². The monoisotopic (exact) mass is 279 g/mol. The molecule has 1 rings (SSSR count). The predicted molar refractivity (Wildman–Crippen MR) is 68.9 cm³/mol. The quantitative estimate of drug-likeness (QED) is 0.893. The van der Waals surface area contributed by atoms with Crippen LogP contribution in [0, 0.1) is 0 Å². The molecule has 0 bridgehead atoms. The Bertz CT molecular complexity index is 372. The highest BCUT2D eigenvalue weighted by Gasteiger charge is 2.14. The van der Waals surface area contributed by atoms with E-state index < -0.39 is 12.1 Å². The Labute approximate surface area is 110 Å². The summed E-state index contributed by atoms with van der Waals surface area (Å²) in [5, 5.41) is 9.37. The lowest BCUT2D eigenvalue weighted by Crippen LogP contribution is -2.22. The summed E-state index contributed by atoms with van der Waals surface area (Å²) in [4.78, 5) is 10.5. The van der Waals surface area contributed by atoms with Gasteiger partial charge in [-0.1, -0.05) is 30.1 Å². The van der Waals surface area contributed by atoms with Crippen LogP contribution >= 0.6 is 23.2 Å². The van der Waals surface area contributed by atoms with Crippen LogP contribution < -0.4 is 10.5 Å². The SMILES string of the molecule is CC(Oc1ccc(Cl)cc1Cl)C(=O)O.CCN. The van der Waals surface area contributed by atoms with E-state index in [4.69, 9.17) is 38.8 Å². The topological polar surface area (TPSA) is 72.5 Å². The summed E-state index contributed by atoms with van der Waals surface area (Å²) < 4.78 is 5.07. The summed E-state index contributed by atoms with van der Waals surface area (Å²) in [6.45, 7) is 4.08. The standard InChI is InChI=1S/C9H8Cl2O3.C2H7N/c1-5(9(12)13)14-8-3-2-6(10)4-7(8)11;1-2-3/h2-5H,1H3,(H,12,13);2-3H2,1H3. The van der Waals surface area contributed by atoms with E-state index in [1.165, 1.54) is 19.1 Å². The molecule has 6 heteroatoms. The second kappa shape index (κ2) is 8.17. The number of ether oxygens (including phenoxy) is 1. The molecular weight excluding hydrogens is 265 g/mol. The minimum absolute atomic E-state index is 0.297. The number of rotatable bonds is 3. The molecular formula is C11H15Cl2NO3. The van der Waals surface area contributed by atoms with Crippen LogP contribution in [-0.2, 0) is 4.79 Å². The van der Waals surface area contributed by atoms with E-state index in [-0.39, 0.29) is 0 Å². The van der Waals surface area contributed by atoms with Gasteiger partial charge in [-0.3, -0.25) is 0 Å². The van der Waals surface area contributed by atoms with Crippen LogP contribution in [0.5, 0.6) is 5.75 Å². The maximum Gasteiger partial charge on any atom is 0.344 e. The number of carboxylic acid groups (broad SMARTS) is 1. The van der Waals surface area contributed by atoms with E-state index in [1.807, 2.05) is 6.92 Å². The molecule has 96 valence electrons. The number of hydrogen-bond donors (Lipinski definition) is 2. The van der Waals surface area contributed by atoms with Crippen molar-refractivity contribution in [1.29, 1.82) is 0 Å². The first kappa shape index (κ1) is 16.0. The highest BCUT2D eigenvalue weighted by molar-refractivity contribution is 6.35. The van der Waals surface area contributed by atoms with Crippen molar-refractivity contribution in [2.75, 3.05) is 6.54 Å². The first-order valence-electron chi connectivity index (χ1n) is 4.96. The molecule has 0 heterocycles.